The van der Waals surface area contributed by atoms with Crippen molar-refractivity contribution in [1.82, 2.24) is 0 Å². The number of aliphatic imine (C=N–C) groups is 1. The zero-order valence-corrected chi connectivity index (χ0v) is 11.1. The zero-order valence-electron chi connectivity index (χ0n) is 9.51. The lowest BCUT2D eigenvalue weighted by Gasteiger charge is -2.06. The van der Waals surface area contributed by atoms with E-state index in [1.807, 2.05) is 12.1 Å². The average molecular weight is 267 g/mol. The number of carbonyl (C=O) groups is 1. The van der Waals surface area contributed by atoms with Crippen molar-refractivity contribution in [2.75, 3.05) is 25.2 Å². The second kappa shape index (κ2) is 6.12. The van der Waals surface area contributed by atoms with E-state index in [0.717, 1.165) is 16.7 Å². The van der Waals surface area contributed by atoms with Crippen molar-refractivity contribution in [1.29, 1.82) is 0 Å². The highest BCUT2D eigenvalue weighted by Gasteiger charge is 2.14. The van der Waals surface area contributed by atoms with Gasteiger partial charge in [-0.15, -0.1) is 0 Å². The minimum Gasteiger partial charge on any atom is -0.496 e. The van der Waals surface area contributed by atoms with E-state index in [2.05, 4.69) is 4.99 Å². The van der Waals surface area contributed by atoms with E-state index in [1.54, 1.807) is 31.0 Å². The molecule has 1 aliphatic rings. The minimum atomic E-state index is 0.0858. The summed E-state index contributed by atoms with van der Waals surface area (Å²) in [5.41, 5.74) is 0.645. The fraction of sp³-hybridized carbons (Fsp3) is 0.333. The molecule has 3 nitrogen and oxygen atoms in total. The van der Waals surface area contributed by atoms with Gasteiger partial charge in [0.25, 0.3) is 0 Å². The molecule has 1 aliphatic heterocycles. The monoisotopic (exact) mass is 267 g/mol. The van der Waals surface area contributed by atoms with Gasteiger partial charge in [-0.1, -0.05) is 35.7 Å². The Labute approximate surface area is 109 Å². The molecule has 0 aromatic heterocycles. The molecular formula is C12H13NO2S2. The first-order chi connectivity index (χ1) is 8.31. The molecule has 0 aliphatic carbocycles. The number of carbonyl (C=O) groups excluding carboxylic acids is 1. The lowest BCUT2D eigenvalue weighted by molar-refractivity contribution is 0.102. The number of para-hydroxylation sites is 1. The maximum absolute atomic E-state index is 12.0. The highest BCUT2D eigenvalue weighted by molar-refractivity contribution is 8.39. The first-order valence-electron chi connectivity index (χ1n) is 5.27. The van der Waals surface area contributed by atoms with Crippen LogP contribution in [0.1, 0.15) is 10.4 Å². The molecule has 0 fully saturated rings. The number of nitrogens with zero attached hydrogens (tertiary/aromatic N) is 1. The van der Waals surface area contributed by atoms with E-state index in [9.17, 15) is 4.79 Å². The van der Waals surface area contributed by atoms with Crippen molar-refractivity contribution in [3.8, 4) is 5.75 Å². The number of Topliss-reactive ketones (excluding diaryl/α,β-unsaturated/α-hetero) is 1. The van der Waals surface area contributed by atoms with Crippen LogP contribution in [0, 0.1) is 0 Å². The van der Waals surface area contributed by atoms with Gasteiger partial charge in [0.1, 0.15) is 10.1 Å². The van der Waals surface area contributed by atoms with Gasteiger partial charge in [-0.3, -0.25) is 9.79 Å². The van der Waals surface area contributed by atoms with Crippen LogP contribution in [0.2, 0.25) is 0 Å². The molecule has 0 bridgehead atoms. The Morgan fingerprint density at radius 2 is 2.35 bits per heavy atom. The average Bonchev–Trinajstić information content (AvgIpc) is 2.89. The van der Waals surface area contributed by atoms with Crippen LogP contribution < -0.4 is 4.74 Å². The molecule has 0 spiro atoms. The van der Waals surface area contributed by atoms with Crippen LogP contribution >= 0.6 is 23.5 Å². The Morgan fingerprint density at radius 1 is 1.53 bits per heavy atom. The molecule has 0 saturated carbocycles. The van der Waals surface area contributed by atoms with E-state index in [-0.39, 0.29) is 5.78 Å². The Balaban J connectivity index is 1.99. The Kier molecular flexibility index (Phi) is 4.50. The van der Waals surface area contributed by atoms with Crippen LogP contribution in [0.3, 0.4) is 0 Å². The summed E-state index contributed by atoms with van der Waals surface area (Å²) < 4.78 is 6.19. The summed E-state index contributed by atoms with van der Waals surface area (Å²) in [6.07, 6.45) is 0. The van der Waals surface area contributed by atoms with Gasteiger partial charge in [-0.25, -0.2) is 0 Å². The van der Waals surface area contributed by atoms with E-state index in [0.29, 0.717) is 17.1 Å². The number of thioether (sulfide) groups is 2. The van der Waals surface area contributed by atoms with Crippen molar-refractivity contribution in [2.45, 2.75) is 0 Å². The molecule has 17 heavy (non-hydrogen) atoms. The van der Waals surface area contributed by atoms with Gasteiger partial charge in [0, 0.05) is 5.75 Å². The molecule has 0 atom stereocenters. The number of ketones is 1. The number of hydrogen-bond acceptors (Lipinski definition) is 5. The van der Waals surface area contributed by atoms with Gasteiger partial charge in [0.2, 0.25) is 0 Å². The molecular weight excluding hydrogens is 254 g/mol. The van der Waals surface area contributed by atoms with E-state index in [1.165, 1.54) is 11.8 Å². The summed E-state index contributed by atoms with van der Waals surface area (Å²) >= 11 is 3.23. The number of hydrogen-bond donors (Lipinski definition) is 0. The summed E-state index contributed by atoms with van der Waals surface area (Å²) in [5.74, 6) is 2.18. The van der Waals surface area contributed by atoms with Crippen LogP contribution in [0.15, 0.2) is 29.3 Å². The maximum atomic E-state index is 12.0. The van der Waals surface area contributed by atoms with Gasteiger partial charge in [-0.05, 0) is 12.1 Å². The van der Waals surface area contributed by atoms with Crippen LogP contribution in [0.25, 0.3) is 0 Å². The Morgan fingerprint density at radius 3 is 3.06 bits per heavy atom. The third kappa shape index (κ3) is 3.26. The van der Waals surface area contributed by atoms with Gasteiger partial charge < -0.3 is 4.74 Å². The first-order valence-corrected chi connectivity index (χ1v) is 7.24. The van der Waals surface area contributed by atoms with Crippen molar-refractivity contribution in [3.63, 3.8) is 0 Å². The fourth-order valence-electron chi connectivity index (χ4n) is 1.48. The highest BCUT2D eigenvalue weighted by Crippen LogP contribution is 2.24. The number of methoxy groups -OCH3 is 1. The lowest BCUT2D eigenvalue weighted by atomic mass is 10.1. The van der Waals surface area contributed by atoms with Gasteiger partial charge in [-0.2, -0.15) is 0 Å². The highest BCUT2D eigenvalue weighted by atomic mass is 32.2. The number of benzene rings is 1. The number of ether oxygens (including phenoxy) is 1. The molecule has 0 N–H and O–H groups in total. The number of rotatable bonds is 4. The molecule has 0 saturated heterocycles. The van der Waals surface area contributed by atoms with Gasteiger partial charge >= 0.3 is 0 Å². The molecule has 0 radical (unpaired) electrons. The molecule has 1 aromatic carbocycles. The topological polar surface area (TPSA) is 38.7 Å². The smallest absolute Gasteiger partial charge is 0.176 e. The van der Waals surface area contributed by atoms with Gasteiger partial charge in [0.15, 0.2) is 5.78 Å². The zero-order chi connectivity index (χ0) is 12.1. The SMILES string of the molecule is COc1ccccc1C(=O)CSC1=NCCS1. The predicted molar refractivity (Wildman–Crippen MR) is 74.5 cm³/mol. The Bertz CT molecular complexity index is 446. The molecule has 5 heteroatoms. The maximum Gasteiger partial charge on any atom is 0.176 e. The standard InChI is InChI=1S/C12H13NO2S2/c1-15-11-5-3-2-4-9(11)10(14)8-17-12-13-6-7-16-12/h2-5H,6-8H2,1H3. The summed E-state index contributed by atoms with van der Waals surface area (Å²) in [4.78, 5) is 16.3. The predicted octanol–water partition coefficient (Wildman–Crippen LogP) is 2.71. The first kappa shape index (κ1) is 12.5. The lowest BCUT2D eigenvalue weighted by Crippen LogP contribution is -2.05. The molecule has 1 aromatic rings. The molecule has 0 unspecified atom stereocenters. The van der Waals surface area contributed by atoms with Crippen LogP contribution in [-0.2, 0) is 0 Å². The van der Waals surface area contributed by atoms with Crippen LogP contribution in [-0.4, -0.2) is 35.3 Å². The van der Waals surface area contributed by atoms with Crippen LogP contribution in [0.5, 0.6) is 5.75 Å². The fourth-order valence-corrected chi connectivity index (χ4v) is 3.38. The molecule has 1 heterocycles. The quantitative estimate of drug-likeness (QED) is 0.786. The van der Waals surface area contributed by atoms with Crippen molar-refractivity contribution < 1.29 is 9.53 Å². The Hall–Kier alpha value is -0.940. The molecule has 90 valence electrons. The summed E-state index contributed by atoms with van der Waals surface area (Å²) in [6.45, 7) is 0.871. The van der Waals surface area contributed by atoms with E-state index < -0.39 is 0 Å². The van der Waals surface area contributed by atoms with E-state index >= 15 is 0 Å². The normalized spacial score (nSPS) is 14.5. The third-order valence-electron chi connectivity index (χ3n) is 2.29. The van der Waals surface area contributed by atoms with Crippen LogP contribution in [0.4, 0.5) is 0 Å². The van der Waals surface area contributed by atoms with Crippen molar-refractivity contribution >= 4 is 33.7 Å². The third-order valence-corrected chi connectivity index (χ3v) is 4.54. The summed E-state index contributed by atoms with van der Waals surface area (Å²) in [7, 11) is 1.58. The largest absolute Gasteiger partial charge is 0.496 e. The van der Waals surface area contributed by atoms with E-state index in [4.69, 9.17) is 4.74 Å². The minimum absolute atomic E-state index is 0.0858. The van der Waals surface area contributed by atoms with Gasteiger partial charge in [0.05, 0.1) is 25.0 Å². The summed E-state index contributed by atoms with van der Waals surface area (Å²) in [5, 5.41) is 0. The second-order valence-electron chi connectivity index (χ2n) is 3.41. The van der Waals surface area contributed by atoms with Crippen molar-refractivity contribution in [3.05, 3.63) is 29.8 Å². The van der Waals surface area contributed by atoms with Crippen molar-refractivity contribution in [2.24, 2.45) is 4.99 Å². The molecule has 0 amide bonds. The second-order valence-corrected chi connectivity index (χ2v) is 5.71. The summed E-state index contributed by atoms with van der Waals surface area (Å²) in [6, 6.07) is 7.31. The molecule has 2 rings (SSSR count).